The number of nitriles is 1. The van der Waals surface area contributed by atoms with Crippen molar-refractivity contribution in [2.45, 2.75) is 59.0 Å². The van der Waals surface area contributed by atoms with Gasteiger partial charge in [-0.2, -0.15) is 5.26 Å². The van der Waals surface area contributed by atoms with Crippen LogP contribution in [-0.4, -0.2) is 23.6 Å². The van der Waals surface area contributed by atoms with Gasteiger partial charge in [0.25, 0.3) is 0 Å². The average molecular weight is 595 g/mol. The molecule has 9 heteroatoms. The lowest BCUT2D eigenvalue weighted by Gasteiger charge is -2.35. The van der Waals surface area contributed by atoms with Crippen LogP contribution in [0.15, 0.2) is 63.4 Å². The molecule has 2 aromatic carbocycles. The fourth-order valence-corrected chi connectivity index (χ4v) is 5.91. The number of anilines is 1. The molecule has 0 aromatic heterocycles. The van der Waals surface area contributed by atoms with Gasteiger partial charge in [0, 0.05) is 29.1 Å². The quantitative estimate of drug-likeness (QED) is 0.285. The number of hydrogen-bond acceptors (Lipinski definition) is 6. The minimum Gasteiger partial charge on any atom is -0.490 e. The number of nitrogens with zero attached hydrogens (tertiary/aromatic N) is 1. The molecule has 0 saturated heterocycles. The Bertz CT molecular complexity index is 1370. The number of halogens is 1. The first kappa shape index (κ1) is 28.2. The van der Waals surface area contributed by atoms with E-state index in [1.165, 1.54) is 0 Å². The Hall–Kier alpha value is -3.77. The second-order valence-corrected chi connectivity index (χ2v) is 10.6. The number of dihydropyridines is 1. The van der Waals surface area contributed by atoms with Gasteiger partial charge in [0.1, 0.15) is 6.61 Å². The van der Waals surface area contributed by atoms with Crippen molar-refractivity contribution in [3.05, 3.63) is 74.5 Å². The van der Waals surface area contributed by atoms with E-state index in [4.69, 9.17) is 14.6 Å². The molecule has 3 N–H and O–H groups in total. The highest BCUT2D eigenvalue weighted by molar-refractivity contribution is 9.10. The van der Waals surface area contributed by atoms with E-state index in [0.29, 0.717) is 51.8 Å². The maximum absolute atomic E-state index is 13.4. The lowest BCUT2D eigenvalue weighted by Crippen LogP contribution is -2.34. The normalized spacial score (nSPS) is 18.7. The van der Waals surface area contributed by atoms with Gasteiger partial charge in [0.05, 0.1) is 28.6 Å². The summed E-state index contributed by atoms with van der Waals surface area (Å²) in [5.74, 6) is 0.923. The van der Waals surface area contributed by atoms with Crippen molar-refractivity contribution in [3.8, 4) is 17.6 Å². The number of carbonyl (C=O) groups is 2. The van der Waals surface area contributed by atoms with Gasteiger partial charge in [-0.15, -0.1) is 0 Å². The van der Waals surface area contributed by atoms with Gasteiger partial charge >= 0.3 is 6.09 Å². The van der Waals surface area contributed by atoms with Gasteiger partial charge in [-0.05, 0) is 83.9 Å². The highest BCUT2D eigenvalue weighted by Crippen LogP contribution is 2.47. The number of carbonyl (C=O) groups excluding carboxylic acids is 1. The number of amides is 1. The number of nitrogens with one attached hydrogen (secondary N) is 2. The minimum absolute atomic E-state index is 0.0858. The minimum atomic E-state index is -1.12. The Balaban J connectivity index is 1.67. The van der Waals surface area contributed by atoms with Gasteiger partial charge in [-0.1, -0.05) is 25.5 Å². The Morgan fingerprint density at radius 1 is 1.21 bits per heavy atom. The van der Waals surface area contributed by atoms with Crippen LogP contribution in [0.25, 0.3) is 0 Å². The lowest BCUT2D eigenvalue weighted by atomic mass is 9.72. The first-order chi connectivity index (χ1) is 18.7. The van der Waals surface area contributed by atoms with Crippen LogP contribution in [0, 0.1) is 17.2 Å². The molecule has 8 nitrogen and oxygen atoms in total. The van der Waals surface area contributed by atoms with Crippen molar-refractivity contribution in [3.63, 3.8) is 0 Å². The van der Waals surface area contributed by atoms with Crippen molar-refractivity contribution in [2.24, 2.45) is 5.92 Å². The summed E-state index contributed by atoms with van der Waals surface area (Å²) < 4.78 is 12.7. The number of Topliss-reactive ketones (excluding diaryl/α,β-unsaturated/α-hetero) is 1. The number of allylic oxidation sites excluding steroid dienone is 4. The largest absolute Gasteiger partial charge is 0.490 e. The average Bonchev–Trinajstić information content (AvgIpc) is 2.88. The van der Waals surface area contributed by atoms with E-state index in [1.54, 1.807) is 24.3 Å². The second kappa shape index (κ2) is 12.4. The zero-order valence-electron chi connectivity index (χ0n) is 22.3. The zero-order valence-corrected chi connectivity index (χ0v) is 23.9. The van der Waals surface area contributed by atoms with Gasteiger partial charge < -0.3 is 19.9 Å². The van der Waals surface area contributed by atoms with Crippen LogP contribution >= 0.6 is 15.9 Å². The summed E-state index contributed by atoms with van der Waals surface area (Å²) in [5, 5.41) is 24.6. The first-order valence-electron chi connectivity index (χ1n) is 13.1. The summed E-state index contributed by atoms with van der Waals surface area (Å²) in [6, 6.07) is 13.0. The van der Waals surface area contributed by atoms with Crippen molar-refractivity contribution < 1.29 is 24.2 Å². The van der Waals surface area contributed by atoms with E-state index in [9.17, 15) is 14.9 Å². The number of carboxylic acid groups (broad SMARTS) is 1. The number of benzene rings is 2. The van der Waals surface area contributed by atoms with Crippen LogP contribution in [0.4, 0.5) is 10.5 Å². The van der Waals surface area contributed by atoms with Gasteiger partial charge in [0.2, 0.25) is 0 Å². The molecular weight excluding hydrogens is 562 g/mol. The second-order valence-electron chi connectivity index (χ2n) is 9.77. The SMILES string of the molecule is CCCC1CC(=O)C2=C(C1)NC(C)=C(C#N)C2c1cc(Br)c(OCc2ccc(NC(=O)O)cc2)c(OCC)c1. The molecule has 1 aliphatic heterocycles. The number of rotatable bonds is 9. The highest BCUT2D eigenvalue weighted by Gasteiger charge is 2.39. The molecule has 204 valence electrons. The Labute approximate surface area is 236 Å². The molecule has 1 amide bonds. The molecule has 0 spiro atoms. The molecular formula is C30H32BrN3O5. The summed E-state index contributed by atoms with van der Waals surface area (Å²) in [7, 11) is 0. The van der Waals surface area contributed by atoms with Crippen LogP contribution in [0.5, 0.6) is 11.5 Å². The molecule has 2 atom stereocenters. The van der Waals surface area contributed by atoms with Crippen LogP contribution in [0.3, 0.4) is 0 Å². The summed E-state index contributed by atoms with van der Waals surface area (Å²) in [6.07, 6.45) is 2.18. The first-order valence-corrected chi connectivity index (χ1v) is 13.9. The van der Waals surface area contributed by atoms with Crippen LogP contribution in [-0.2, 0) is 11.4 Å². The monoisotopic (exact) mass is 593 g/mol. The number of hydrogen-bond donors (Lipinski definition) is 3. The van der Waals surface area contributed by atoms with Gasteiger partial charge in [0.15, 0.2) is 17.3 Å². The third kappa shape index (κ3) is 6.28. The van der Waals surface area contributed by atoms with Crippen molar-refractivity contribution in [2.75, 3.05) is 11.9 Å². The number of ether oxygens (including phenoxy) is 2. The topological polar surface area (TPSA) is 121 Å². The van der Waals surface area contributed by atoms with Crippen LogP contribution in [0.1, 0.15) is 63.5 Å². The fourth-order valence-electron chi connectivity index (χ4n) is 5.33. The molecule has 4 rings (SSSR count). The molecule has 2 aromatic rings. The van der Waals surface area contributed by atoms with E-state index in [2.05, 4.69) is 39.6 Å². The third-order valence-corrected chi connectivity index (χ3v) is 7.57. The van der Waals surface area contributed by atoms with Gasteiger partial charge in [-0.3, -0.25) is 10.1 Å². The van der Waals surface area contributed by atoms with E-state index in [-0.39, 0.29) is 12.4 Å². The predicted molar refractivity (Wildman–Crippen MR) is 152 cm³/mol. The molecule has 1 heterocycles. The molecule has 2 aliphatic rings. The predicted octanol–water partition coefficient (Wildman–Crippen LogP) is 7.03. The Kier molecular flexibility index (Phi) is 8.97. The summed E-state index contributed by atoms with van der Waals surface area (Å²) >= 11 is 3.64. The summed E-state index contributed by atoms with van der Waals surface area (Å²) in [4.78, 5) is 24.3. The molecule has 0 saturated carbocycles. The van der Waals surface area contributed by atoms with Crippen molar-refractivity contribution in [1.82, 2.24) is 5.32 Å². The zero-order chi connectivity index (χ0) is 28.1. The lowest BCUT2D eigenvalue weighted by molar-refractivity contribution is -0.117. The molecule has 0 bridgehead atoms. The van der Waals surface area contributed by atoms with Crippen LogP contribution in [0.2, 0.25) is 0 Å². The molecule has 0 fully saturated rings. The van der Waals surface area contributed by atoms with Crippen molar-refractivity contribution in [1.29, 1.82) is 5.26 Å². The Morgan fingerprint density at radius 3 is 2.59 bits per heavy atom. The Morgan fingerprint density at radius 2 is 1.95 bits per heavy atom. The third-order valence-electron chi connectivity index (χ3n) is 6.98. The van der Waals surface area contributed by atoms with Crippen LogP contribution < -0.4 is 20.1 Å². The van der Waals surface area contributed by atoms with Gasteiger partial charge in [-0.25, -0.2) is 4.79 Å². The summed E-state index contributed by atoms with van der Waals surface area (Å²) in [6.45, 7) is 6.53. The smallest absolute Gasteiger partial charge is 0.409 e. The molecule has 2 unspecified atom stereocenters. The van der Waals surface area contributed by atoms with E-state index in [0.717, 1.165) is 41.8 Å². The van der Waals surface area contributed by atoms with E-state index < -0.39 is 12.0 Å². The molecule has 1 aliphatic carbocycles. The molecule has 39 heavy (non-hydrogen) atoms. The maximum Gasteiger partial charge on any atom is 0.409 e. The van der Waals surface area contributed by atoms with E-state index in [1.807, 2.05) is 26.0 Å². The maximum atomic E-state index is 13.4. The fraction of sp³-hybridized carbons (Fsp3) is 0.367. The standard InChI is InChI=1S/C30H32BrN3O5/c1-4-6-19-11-24-28(25(35)12-19)27(22(15-32)17(3)33-24)20-13-23(31)29(26(14-20)38-5-2)39-16-18-7-9-21(10-8-18)34-30(36)37/h7-10,13-14,19,27,33-34H,4-6,11-12,16H2,1-3H3,(H,36,37). The summed E-state index contributed by atoms with van der Waals surface area (Å²) in [5.41, 5.74) is 4.98. The highest BCUT2D eigenvalue weighted by atomic mass is 79.9. The molecule has 0 radical (unpaired) electrons. The number of ketones is 1. The van der Waals surface area contributed by atoms with Crippen molar-refractivity contribution >= 4 is 33.5 Å². The van der Waals surface area contributed by atoms with E-state index >= 15 is 0 Å².